The Bertz CT molecular complexity index is 518. The molecule has 0 aliphatic heterocycles. The van der Waals surface area contributed by atoms with E-state index < -0.39 is 18.0 Å². The SMILES string of the molecule is COc1cc(CCC(=O)O[C@H](C)C(N)=O)cc(OC)c1OC. The van der Waals surface area contributed by atoms with Crippen LogP contribution in [0.2, 0.25) is 0 Å². The molecular weight excluding hydrogens is 290 g/mol. The predicted octanol–water partition coefficient (Wildman–Crippen LogP) is 1.06. The normalized spacial score (nSPS) is 11.5. The van der Waals surface area contributed by atoms with Gasteiger partial charge in [0.05, 0.1) is 21.3 Å². The third-order valence-corrected chi connectivity index (χ3v) is 3.05. The van der Waals surface area contributed by atoms with Gasteiger partial charge < -0.3 is 24.7 Å². The van der Waals surface area contributed by atoms with E-state index in [1.807, 2.05) is 0 Å². The molecule has 0 spiro atoms. The maximum Gasteiger partial charge on any atom is 0.306 e. The van der Waals surface area contributed by atoms with Crippen LogP contribution < -0.4 is 19.9 Å². The summed E-state index contributed by atoms with van der Waals surface area (Å²) < 4.78 is 20.6. The Morgan fingerprint density at radius 2 is 1.64 bits per heavy atom. The molecule has 0 heterocycles. The number of benzene rings is 1. The zero-order valence-electron chi connectivity index (χ0n) is 13.2. The maximum absolute atomic E-state index is 11.6. The van der Waals surface area contributed by atoms with Gasteiger partial charge in [-0.25, -0.2) is 0 Å². The fourth-order valence-electron chi connectivity index (χ4n) is 1.84. The van der Waals surface area contributed by atoms with Gasteiger partial charge in [0.15, 0.2) is 17.6 Å². The summed E-state index contributed by atoms with van der Waals surface area (Å²) in [5, 5.41) is 0. The Morgan fingerprint density at radius 3 is 2.05 bits per heavy atom. The van der Waals surface area contributed by atoms with Crippen molar-refractivity contribution < 1.29 is 28.5 Å². The number of methoxy groups -OCH3 is 3. The monoisotopic (exact) mass is 311 g/mol. The van der Waals surface area contributed by atoms with Crippen LogP contribution in [0.1, 0.15) is 18.9 Å². The van der Waals surface area contributed by atoms with Gasteiger partial charge in [0.2, 0.25) is 5.75 Å². The Hall–Kier alpha value is -2.44. The minimum atomic E-state index is -0.938. The van der Waals surface area contributed by atoms with Crippen LogP contribution in [0.25, 0.3) is 0 Å². The van der Waals surface area contributed by atoms with E-state index in [2.05, 4.69) is 0 Å². The molecule has 0 saturated carbocycles. The first kappa shape index (κ1) is 17.6. The fraction of sp³-hybridized carbons (Fsp3) is 0.467. The summed E-state index contributed by atoms with van der Waals surface area (Å²) in [5.41, 5.74) is 5.85. The van der Waals surface area contributed by atoms with Crippen molar-refractivity contribution in [1.29, 1.82) is 0 Å². The van der Waals surface area contributed by atoms with Crippen LogP contribution in [0.5, 0.6) is 17.2 Å². The van der Waals surface area contributed by atoms with Gasteiger partial charge in [0.25, 0.3) is 5.91 Å². The Balaban J connectivity index is 2.78. The molecule has 0 saturated heterocycles. The quantitative estimate of drug-likeness (QED) is 0.721. The van der Waals surface area contributed by atoms with Crippen LogP contribution in [0.15, 0.2) is 12.1 Å². The first-order valence-corrected chi connectivity index (χ1v) is 6.70. The van der Waals surface area contributed by atoms with Crippen LogP contribution >= 0.6 is 0 Å². The molecule has 7 nitrogen and oxygen atoms in total. The van der Waals surface area contributed by atoms with Crippen LogP contribution in [-0.2, 0) is 20.7 Å². The summed E-state index contributed by atoms with van der Waals surface area (Å²) in [6, 6.07) is 3.51. The molecule has 1 aromatic carbocycles. The van der Waals surface area contributed by atoms with Crippen molar-refractivity contribution in [3.05, 3.63) is 17.7 Å². The Labute approximate surface area is 129 Å². The van der Waals surface area contributed by atoms with E-state index >= 15 is 0 Å². The fourth-order valence-corrected chi connectivity index (χ4v) is 1.84. The highest BCUT2D eigenvalue weighted by Gasteiger charge is 2.16. The van der Waals surface area contributed by atoms with Crippen molar-refractivity contribution >= 4 is 11.9 Å². The van der Waals surface area contributed by atoms with E-state index in [-0.39, 0.29) is 6.42 Å². The molecule has 0 fully saturated rings. The zero-order chi connectivity index (χ0) is 16.7. The molecular formula is C15H21NO6. The summed E-state index contributed by atoms with van der Waals surface area (Å²) in [7, 11) is 4.55. The average Bonchev–Trinajstić information content (AvgIpc) is 2.51. The highest BCUT2D eigenvalue weighted by atomic mass is 16.5. The number of esters is 1. The second-order valence-electron chi connectivity index (χ2n) is 4.57. The highest BCUT2D eigenvalue weighted by molar-refractivity contribution is 5.81. The van der Waals surface area contributed by atoms with E-state index in [4.69, 9.17) is 24.7 Å². The molecule has 1 amide bonds. The minimum Gasteiger partial charge on any atom is -0.493 e. The second-order valence-corrected chi connectivity index (χ2v) is 4.57. The summed E-state index contributed by atoms with van der Waals surface area (Å²) in [6.45, 7) is 1.43. The predicted molar refractivity (Wildman–Crippen MR) is 79.2 cm³/mol. The number of hydrogen-bond acceptors (Lipinski definition) is 6. The first-order chi connectivity index (χ1) is 10.4. The van der Waals surface area contributed by atoms with E-state index in [9.17, 15) is 9.59 Å². The molecule has 1 aromatic rings. The highest BCUT2D eigenvalue weighted by Crippen LogP contribution is 2.38. The summed E-state index contributed by atoms with van der Waals surface area (Å²) in [4.78, 5) is 22.5. The minimum absolute atomic E-state index is 0.107. The van der Waals surface area contributed by atoms with Crippen LogP contribution in [0.4, 0.5) is 0 Å². The van der Waals surface area contributed by atoms with Gasteiger partial charge in [-0.15, -0.1) is 0 Å². The topological polar surface area (TPSA) is 97.1 Å². The molecule has 0 radical (unpaired) electrons. The number of aryl methyl sites for hydroxylation is 1. The number of rotatable bonds is 8. The molecule has 0 aliphatic rings. The smallest absolute Gasteiger partial charge is 0.306 e. The van der Waals surface area contributed by atoms with Gasteiger partial charge in [-0.3, -0.25) is 9.59 Å². The number of nitrogens with two attached hydrogens (primary N) is 1. The standard InChI is InChI=1S/C15H21NO6/c1-9(15(16)18)22-13(17)6-5-10-7-11(19-2)14(21-4)12(8-10)20-3/h7-9H,5-6H2,1-4H3,(H2,16,18)/t9-/m1/s1. The van der Waals surface area contributed by atoms with Crippen molar-refractivity contribution in [3.63, 3.8) is 0 Å². The molecule has 0 unspecified atom stereocenters. The number of amides is 1. The zero-order valence-corrected chi connectivity index (χ0v) is 13.2. The summed E-state index contributed by atoms with van der Waals surface area (Å²) in [5.74, 6) is 0.325. The van der Waals surface area contributed by atoms with Crippen LogP contribution in [-0.4, -0.2) is 39.3 Å². The van der Waals surface area contributed by atoms with E-state index in [1.165, 1.54) is 28.3 Å². The third-order valence-electron chi connectivity index (χ3n) is 3.05. The van der Waals surface area contributed by atoms with Crippen molar-refractivity contribution in [2.45, 2.75) is 25.9 Å². The maximum atomic E-state index is 11.6. The number of ether oxygens (including phenoxy) is 4. The van der Waals surface area contributed by atoms with Crippen LogP contribution in [0, 0.1) is 0 Å². The van der Waals surface area contributed by atoms with Gasteiger partial charge in [0, 0.05) is 6.42 Å². The molecule has 0 bridgehead atoms. The van der Waals surface area contributed by atoms with E-state index in [0.717, 1.165) is 5.56 Å². The van der Waals surface area contributed by atoms with Gasteiger partial charge in [-0.05, 0) is 31.0 Å². The Kier molecular flexibility index (Phi) is 6.49. The molecule has 1 rings (SSSR count). The van der Waals surface area contributed by atoms with Gasteiger partial charge in [-0.2, -0.15) is 0 Å². The summed E-state index contributed by atoms with van der Waals surface area (Å²) in [6.07, 6.45) is -0.426. The Morgan fingerprint density at radius 1 is 1.09 bits per heavy atom. The van der Waals surface area contributed by atoms with Crippen molar-refractivity contribution in [1.82, 2.24) is 0 Å². The lowest BCUT2D eigenvalue weighted by Gasteiger charge is -2.14. The number of carbonyl (C=O) groups is 2. The lowest BCUT2D eigenvalue weighted by Crippen LogP contribution is -2.30. The molecule has 0 aromatic heterocycles. The largest absolute Gasteiger partial charge is 0.493 e. The third kappa shape index (κ3) is 4.54. The molecule has 122 valence electrons. The molecule has 2 N–H and O–H groups in total. The lowest BCUT2D eigenvalue weighted by atomic mass is 10.1. The number of primary amides is 1. The lowest BCUT2D eigenvalue weighted by molar-refractivity contribution is -0.153. The van der Waals surface area contributed by atoms with Crippen molar-refractivity contribution in [2.24, 2.45) is 5.73 Å². The average molecular weight is 311 g/mol. The van der Waals surface area contributed by atoms with Gasteiger partial charge in [-0.1, -0.05) is 0 Å². The molecule has 0 aliphatic carbocycles. The van der Waals surface area contributed by atoms with Gasteiger partial charge >= 0.3 is 5.97 Å². The molecule has 7 heteroatoms. The first-order valence-electron chi connectivity index (χ1n) is 6.70. The van der Waals surface area contributed by atoms with E-state index in [0.29, 0.717) is 23.7 Å². The van der Waals surface area contributed by atoms with Gasteiger partial charge in [0.1, 0.15) is 0 Å². The second kappa shape index (κ2) is 8.11. The van der Waals surface area contributed by atoms with Crippen molar-refractivity contribution in [2.75, 3.05) is 21.3 Å². The van der Waals surface area contributed by atoms with Crippen molar-refractivity contribution in [3.8, 4) is 17.2 Å². The summed E-state index contributed by atoms with van der Waals surface area (Å²) >= 11 is 0. The molecule has 22 heavy (non-hydrogen) atoms. The number of carbonyl (C=O) groups excluding carboxylic acids is 2. The van der Waals surface area contributed by atoms with Crippen LogP contribution in [0.3, 0.4) is 0 Å². The molecule has 1 atom stereocenters. The van der Waals surface area contributed by atoms with E-state index in [1.54, 1.807) is 12.1 Å². The number of hydrogen-bond donors (Lipinski definition) is 1.